The van der Waals surface area contributed by atoms with Gasteiger partial charge >= 0.3 is 24.1 Å². The van der Waals surface area contributed by atoms with Gasteiger partial charge in [-0.3, -0.25) is 4.79 Å². The Bertz CT molecular complexity index is 2620. The summed E-state index contributed by atoms with van der Waals surface area (Å²) in [5.41, 5.74) is 4.60. The van der Waals surface area contributed by atoms with Crippen molar-refractivity contribution < 1.29 is 71.1 Å². The van der Waals surface area contributed by atoms with Crippen LogP contribution < -0.4 is 5.73 Å². The third-order valence-corrected chi connectivity index (χ3v) is 9.89. The van der Waals surface area contributed by atoms with Crippen molar-refractivity contribution in [1.82, 2.24) is 14.5 Å². The third-order valence-electron chi connectivity index (χ3n) is 9.89. The van der Waals surface area contributed by atoms with E-state index in [4.69, 9.17) is 10.8 Å². The van der Waals surface area contributed by atoms with Gasteiger partial charge in [-0.25, -0.2) is 32.5 Å². The number of carboxylic acids is 3. The van der Waals surface area contributed by atoms with Crippen LogP contribution in [0.1, 0.15) is 65.8 Å². The Morgan fingerprint density at radius 1 is 0.733 bits per heavy atom. The summed E-state index contributed by atoms with van der Waals surface area (Å²) in [5.74, 6) is -10.7. The van der Waals surface area contributed by atoms with Crippen LogP contribution in [0.4, 0.5) is 26.3 Å². The van der Waals surface area contributed by atoms with Gasteiger partial charge in [0.05, 0.1) is 12.2 Å². The van der Waals surface area contributed by atoms with Crippen molar-refractivity contribution in [3.8, 4) is 11.5 Å². The van der Waals surface area contributed by atoms with E-state index >= 15 is 0 Å². The molecule has 0 unspecified atom stereocenters. The quantitative estimate of drug-likeness (QED) is 0.0664. The molecule has 312 valence electrons. The van der Waals surface area contributed by atoms with Gasteiger partial charge in [0.25, 0.3) is 0 Å². The number of phenols is 2. The Hall–Kier alpha value is -7.15. The number of nitrogens with two attached hydrogens (primary N) is 1. The number of nitrogens with zero attached hydrogens (tertiary/aromatic N) is 3. The molecule has 1 amide bonds. The Morgan fingerprint density at radius 3 is 1.75 bits per heavy atom. The molecule has 0 saturated carbocycles. The van der Waals surface area contributed by atoms with Crippen molar-refractivity contribution >= 4 is 45.4 Å². The number of hydrogen-bond acceptors (Lipinski definition) is 8. The fraction of sp³-hybridized carbons (Fsp3) is 0.195. The lowest BCUT2D eigenvalue weighted by molar-refractivity contribution is -0.148. The minimum absolute atomic E-state index is 0.0407. The van der Waals surface area contributed by atoms with Crippen LogP contribution >= 0.6 is 0 Å². The lowest BCUT2D eigenvalue weighted by Gasteiger charge is -2.30. The Labute approximate surface area is 334 Å². The van der Waals surface area contributed by atoms with Crippen LogP contribution in [0.2, 0.25) is 0 Å². The molecule has 0 saturated heterocycles. The Kier molecular flexibility index (Phi) is 11.8. The first kappa shape index (κ1) is 42.5. The first-order chi connectivity index (χ1) is 28.3. The maximum absolute atomic E-state index is 13.8. The second kappa shape index (κ2) is 16.6. The topological polar surface area (TPSA) is 217 Å². The van der Waals surface area contributed by atoms with Gasteiger partial charge in [0, 0.05) is 49.2 Å². The summed E-state index contributed by atoms with van der Waals surface area (Å²) in [6.07, 6.45) is -5.58. The fourth-order valence-corrected chi connectivity index (χ4v) is 7.08. The number of alkyl halides is 3. The summed E-state index contributed by atoms with van der Waals surface area (Å²) >= 11 is 0. The molecule has 0 fully saturated rings. The van der Waals surface area contributed by atoms with Crippen LogP contribution in [0.15, 0.2) is 72.8 Å². The Balaban J connectivity index is 0.000000202. The number of imidazole rings is 1. The average Bonchev–Trinajstić information content (AvgIpc) is 3.59. The largest absolute Gasteiger partial charge is 0.507 e. The first-order valence-corrected chi connectivity index (χ1v) is 17.8. The molecule has 1 aliphatic rings. The van der Waals surface area contributed by atoms with E-state index in [1.54, 1.807) is 48.5 Å². The van der Waals surface area contributed by atoms with Crippen LogP contribution in [0.3, 0.4) is 0 Å². The lowest BCUT2D eigenvalue weighted by atomic mass is 9.90. The first-order valence-electron chi connectivity index (χ1n) is 17.8. The van der Waals surface area contributed by atoms with E-state index in [2.05, 4.69) is 4.98 Å². The molecule has 2 heterocycles. The van der Waals surface area contributed by atoms with Crippen LogP contribution in [0.5, 0.6) is 11.5 Å². The number of carbonyl (C=O) groups excluding carboxylic acids is 1. The van der Waals surface area contributed by atoms with E-state index in [9.17, 15) is 65.9 Å². The fourth-order valence-electron chi connectivity index (χ4n) is 7.08. The molecule has 5 aromatic carbocycles. The molecule has 1 atom stereocenters. The lowest BCUT2D eigenvalue weighted by Crippen LogP contribution is -2.42. The highest BCUT2D eigenvalue weighted by molar-refractivity contribution is 6.02. The number of halogens is 6. The van der Waals surface area contributed by atoms with E-state index in [-0.39, 0.29) is 54.7 Å². The van der Waals surface area contributed by atoms with Crippen LogP contribution in [0.25, 0.3) is 21.5 Å². The van der Waals surface area contributed by atoms with Crippen molar-refractivity contribution in [2.75, 3.05) is 6.54 Å². The molecule has 7 rings (SSSR count). The Morgan fingerprint density at radius 2 is 1.25 bits per heavy atom. The average molecular weight is 839 g/mol. The third kappa shape index (κ3) is 8.51. The number of carboxylic acid groups (broad SMARTS) is 3. The smallest absolute Gasteiger partial charge is 0.449 e. The van der Waals surface area contributed by atoms with E-state index in [0.717, 1.165) is 4.90 Å². The highest BCUT2D eigenvalue weighted by Crippen LogP contribution is 2.39. The van der Waals surface area contributed by atoms with E-state index < -0.39 is 83.0 Å². The second-order valence-electron chi connectivity index (χ2n) is 13.8. The molecule has 1 aromatic heterocycles. The number of benzene rings is 5. The predicted octanol–water partition coefficient (Wildman–Crippen LogP) is 6.71. The number of rotatable bonds is 9. The molecule has 13 nitrogen and oxygen atoms in total. The van der Waals surface area contributed by atoms with Gasteiger partial charge < -0.3 is 40.7 Å². The molecule has 6 aromatic rings. The zero-order chi connectivity index (χ0) is 43.8. The van der Waals surface area contributed by atoms with Gasteiger partial charge in [-0.2, -0.15) is 13.2 Å². The summed E-state index contributed by atoms with van der Waals surface area (Å²) in [6, 6.07) is 16.8. The number of aromatic hydroxyl groups is 2. The van der Waals surface area contributed by atoms with Gasteiger partial charge in [0.15, 0.2) is 17.3 Å². The van der Waals surface area contributed by atoms with Crippen molar-refractivity contribution in [1.29, 1.82) is 0 Å². The summed E-state index contributed by atoms with van der Waals surface area (Å²) in [7, 11) is 0. The molecular weight excluding hydrogens is 806 g/mol. The molecular formula is C41H32F6N4O9. The van der Waals surface area contributed by atoms with Crippen LogP contribution in [-0.2, 0) is 36.9 Å². The second-order valence-corrected chi connectivity index (χ2v) is 13.8. The van der Waals surface area contributed by atoms with Crippen molar-refractivity contribution in [3.63, 3.8) is 0 Å². The monoisotopic (exact) mass is 838 g/mol. The number of amides is 1. The van der Waals surface area contributed by atoms with E-state index in [0.29, 0.717) is 49.4 Å². The number of aromatic nitrogens is 2. The van der Waals surface area contributed by atoms with Gasteiger partial charge in [-0.15, -0.1) is 0 Å². The van der Waals surface area contributed by atoms with Crippen LogP contribution in [0, 0.1) is 17.5 Å². The van der Waals surface area contributed by atoms with Gasteiger partial charge in [-0.1, -0.05) is 48.5 Å². The maximum atomic E-state index is 13.8. The summed E-state index contributed by atoms with van der Waals surface area (Å²) in [5, 5.41) is 52.0. The summed E-state index contributed by atoms with van der Waals surface area (Å²) in [4.78, 5) is 51.3. The standard InChI is InChI=1S/C23H16O6.C18H16F6N4O3/c24-20-16(14-7-3-1-5-12(14)9-18(20)22(26)27)11-17-15-8-4-2-6-13(15)10-19(21(17)25)23(28)29;19-10-6-12(21)11(20)4-8(10)3-9(25)5-14(29)27-1-2-28-13(7-27)15(16(30)31)26-17(28)18(22,23)24/h1-10,24-25H,11H2,(H,26,27)(H,28,29);4,6,9H,1-3,5,7,25H2,(H,30,31)/t;9-/m.1/s1. The number of aromatic carboxylic acids is 3. The zero-order valence-corrected chi connectivity index (χ0v) is 30.8. The molecule has 7 N–H and O–H groups in total. The van der Waals surface area contributed by atoms with Crippen molar-refractivity contribution in [3.05, 3.63) is 135 Å². The number of carbonyl (C=O) groups is 4. The van der Waals surface area contributed by atoms with Crippen molar-refractivity contribution in [2.24, 2.45) is 5.73 Å². The molecule has 0 radical (unpaired) electrons. The van der Waals surface area contributed by atoms with E-state index in [1.165, 1.54) is 12.1 Å². The molecule has 60 heavy (non-hydrogen) atoms. The summed E-state index contributed by atoms with van der Waals surface area (Å²) < 4.78 is 80.1. The molecule has 0 aliphatic carbocycles. The zero-order valence-electron chi connectivity index (χ0n) is 30.8. The highest BCUT2D eigenvalue weighted by Gasteiger charge is 2.42. The van der Waals surface area contributed by atoms with Crippen molar-refractivity contribution in [2.45, 2.75) is 44.6 Å². The minimum Gasteiger partial charge on any atom is -0.507 e. The molecule has 19 heteroatoms. The van der Waals surface area contributed by atoms with Gasteiger partial charge in [0.1, 0.15) is 28.4 Å². The van der Waals surface area contributed by atoms with Crippen LogP contribution in [-0.4, -0.2) is 76.4 Å². The molecule has 0 spiro atoms. The van der Waals surface area contributed by atoms with Gasteiger partial charge in [-0.05, 0) is 51.7 Å². The maximum Gasteiger partial charge on any atom is 0.449 e. The summed E-state index contributed by atoms with van der Waals surface area (Å²) in [6.45, 7) is -0.921. The number of hydrogen-bond donors (Lipinski definition) is 6. The van der Waals surface area contributed by atoms with Gasteiger partial charge in [0.2, 0.25) is 11.7 Å². The molecule has 1 aliphatic heterocycles. The predicted molar refractivity (Wildman–Crippen MR) is 200 cm³/mol. The highest BCUT2D eigenvalue weighted by atomic mass is 19.4. The van der Waals surface area contributed by atoms with E-state index in [1.807, 2.05) is 0 Å². The molecule has 0 bridgehead atoms. The SMILES string of the molecule is N[C@@H](CC(=O)N1CCn2c(C(F)(F)F)nc(C(=O)O)c2C1)Cc1cc(F)c(F)cc1F.O=C(O)c1cc2ccccc2c(Cc2c(O)c(C(=O)O)cc3ccccc23)c1O. The number of fused-ring (bicyclic) bond motifs is 3. The minimum atomic E-state index is -4.87. The normalized spacial score (nSPS) is 13.1.